The number of hydrogen-bond acceptors (Lipinski definition) is 4. The van der Waals surface area contributed by atoms with Gasteiger partial charge in [0.2, 0.25) is 0 Å². The van der Waals surface area contributed by atoms with Crippen molar-refractivity contribution in [1.82, 2.24) is 10.2 Å². The lowest BCUT2D eigenvalue weighted by molar-refractivity contribution is 0.163. The molecule has 174 valence electrons. The van der Waals surface area contributed by atoms with Crippen LogP contribution in [0.3, 0.4) is 0 Å². The number of halogens is 1. The van der Waals surface area contributed by atoms with Crippen LogP contribution in [0.5, 0.6) is 0 Å². The van der Waals surface area contributed by atoms with Crippen LogP contribution in [-0.2, 0) is 0 Å². The number of hydrogen-bond donors (Lipinski definition) is 2. The third-order valence-corrected chi connectivity index (χ3v) is 7.37. The zero-order valence-corrected chi connectivity index (χ0v) is 21.0. The zero-order chi connectivity index (χ0) is 23.4. The number of piperazine rings is 1. The Morgan fingerprint density at radius 1 is 1.03 bits per heavy atom. The second-order valence-corrected chi connectivity index (χ2v) is 10.0. The molecule has 2 atom stereocenters. The molecule has 0 saturated carbocycles. The average Bonchev–Trinajstić information content (AvgIpc) is 3.31. The molecular weight excluding hydrogens is 451 g/mol. The van der Waals surface area contributed by atoms with E-state index in [4.69, 9.17) is 12.2 Å². The minimum atomic E-state index is -0.154. The number of anilines is 2. The Hall–Kier alpha value is -2.48. The predicted molar refractivity (Wildman–Crippen MR) is 142 cm³/mol. The predicted octanol–water partition coefficient (Wildman–Crippen LogP) is 5.74. The van der Waals surface area contributed by atoms with Gasteiger partial charge in [0.05, 0.1) is 11.7 Å². The Balaban J connectivity index is 1.44. The van der Waals surface area contributed by atoms with Crippen molar-refractivity contribution in [3.05, 3.63) is 81.8 Å². The molecule has 7 heteroatoms. The summed E-state index contributed by atoms with van der Waals surface area (Å²) in [5.74, 6) is -0.154. The van der Waals surface area contributed by atoms with Crippen LogP contribution in [0.15, 0.2) is 60.0 Å². The van der Waals surface area contributed by atoms with Crippen molar-refractivity contribution in [3.63, 3.8) is 0 Å². The van der Waals surface area contributed by atoms with Crippen LogP contribution < -0.4 is 15.5 Å². The first kappa shape index (κ1) is 23.7. The van der Waals surface area contributed by atoms with Crippen molar-refractivity contribution in [3.8, 4) is 0 Å². The summed E-state index contributed by atoms with van der Waals surface area (Å²) >= 11 is 7.44. The highest BCUT2D eigenvalue weighted by Crippen LogP contribution is 2.31. The smallest absolute Gasteiger partial charge is 0.171 e. The van der Waals surface area contributed by atoms with Crippen molar-refractivity contribution in [2.75, 3.05) is 36.4 Å². The van der Waals surface area contributed by atoms with Crippen LogP contribution in [0, 0.1) is 19.7 Å². The van der Waals surface area contributed by atoms with Crippen LogP contribution >= 0.6 is 23.6 Å². The minimum absolute atomic E-state index is 0.105. The molecule has 0 spiro atoms. The molecule has 1 saturated heterocycles. The van der Waals surface area contributed by atoms with Crippen LogP contribution in [0.25, 0.3) is 0 Å². The minimum Gasteiger partial charge on any atom is -0.367 e. The highest BCUT2D eigenvalue weighted by atomic mass is 32.1. The fourth-order valence-electron chi connectivity index (χ4n) is 4.47. The fourth-order valence-corrected chi connectivity index (χ4v) is 5.73. The fraction of sp³-hybridized carbons (Fsp3) is 0.346. The molecule has 1 fully saturated rings. The first-order valence-corrected chi connectivity index (χ1v) is 12.6. The van der Waals surface area contributed by atoms with E-state index in [0.717, 1.165) is 37.4 Å². The first-order chi connectivity index (χ1) is 15.9. The van der Waals surface area contributed by atoms with Gasteiger partial charge in [0.15, 0.2) is 5.11 Å². The van der Waals surface area contributed by atoms with Crippen molar-refractivity contribution in [2.45, 2.75) is 32.9 Å². The van der Waals surface area contributed by atoms with Crippen LogP contribution in [0.2, 0.25) is 0 Å². The van der Waals surface area contributed by atoms with Gasteiger partial charge >= 0.3 is 0 Å². The molecule has 33 heavy (non-hydrogen) atoms. The molecule has 2 aromatic carbocycles. The molecule has 4 nitrogen and oxygen atoms in total. The topological polar surface area (TPSA) is 30.5 Å². The molecule has 0 radical (unpaired) electrons. The van der Waals surface area contributed by atoms with Crippen molar-refractivity contribution in [2.24, 2.45) is 0 Å². The molecule has 1 aliphatic rings. The number of benzene rings is 2. The van der Waals surface area contributed by atoms with Crippen LogP contribution in [0.1, 0.15) is 29.0 Å². The van der Waals surface area contributed by atoms with Gasteiger partial charge in [-0.2, -0.15) is 0 Å². The van der Waals surface area contributed by atoms with E-state index in [1.807, 2.05) is 12.1 Å². The average molecular weight is 483 g/mol. The molecule has 1 aliphatic heterocycles. The maximum Gasteiger partial charge on any atom is 0.171 e. The lowest BCUT2D eigenvalue weighted by atomic mass is 10.0. The highest BCUT2D eigenvalue weighted by molar-refractivity contribution is 7.80. The van der Waals surface area contributed by atoms with Gasteiger partial charge in [0, 0.05) is 42.8 Å². The summed E-state index contributed by atoms with van der Waals surface area (Å²) in [6.45, 7) is 9.65. The number of nitrogens with zero attached hydrogens (tertiary/aromatic N) is 2. The molecule has 0 aliphatic carbocycles. The lowest BCUT2D eigenvalue weighted by Gasteiger charge is -2.42. The molecule has 0 amide bonds. The Bertz CT molecular complexity index is 1080. The van der Waals surface area contributed by atoms with E-state index in [0.29, 0.717) is 10.8 Å². The van der Waals surface area contributed by atoms with E-state index in [9.17, 15) is 4.39 Å². The summed E-state index contributed by atoms with van der Waals surface area (Å²) in [5.41, 5.74) is 4.08. The second kappa shape index (κ2) is 10.6. The quantitative estimate of drug-likeness (QED) is 0.438. The lowest BCUT2D eigenvalue weighted by Crippen LogP contribution is -2.52. The largest absolute Gasteiger partial charge is 0.367 e. The van der Waals surface area contributed by atoms with Crippen molar-refractivity contribution in [1.29, 1.82) is 0 Å². The summed E-state index contributed by atoms with van der Waals surface area (Å²) in [7, 11) is 0. The van der Waals surface area contributed by atoms with E-state index in [-0.39, 0.29) is 17.9 Å². The third-order valence-electron chi connectivity index (χ3n) is 6.21. The van der Waals surface area contributed by atoms with Crippen molar-refractivity contribution < 1.29 is 4.39 Å². The Morgan fingerprint density at radius 3 is 2.48 bits per heavy atom. The molecule has 3 aromatic rings. The summed E-state index contributed by atoms with van der Waals surface area (Å²) < 4.78 is 14.3. The molecule has 4 rings (SSSR count). The Kier molecular flexibility index (Phi) is 7.63. The molecule has 0 unspecified atom stereocenters. The maximum atomic E-state index is 14.3. The monoisotopic (exact) mass is 482 g/mol. The van der Waals surface area contributed by atoms with Gasteiger partial charge in [0.25, 0.3) is 0 Å². The van der Waals surface area contributed by atoms with Gasteiger partial charge in [-0.05, 0) is 73.8 Å². The summed E-state index contributed by atoms with van der Waals surface area (Å²) in [6.07, 6.45) is 0. The molecule has 2 N–H and O–H groups in total. The first-order valence-electron chi connectivity index (χ1n) is 11.3. The van der Waals surface area contributed by atoms with Gasteiger partial charge in [-0.25, -0.2) is 4.39 Å². The van der Waals surface area contributed by atoms with Gasteiger partial charge in [-0.15, -0.1) is 11.3 Å². The van der Waals surface area contributed by atoms with Gasteiger partial charge in [-0.3, -0.25) is 4.90 Å². The second-order valence-electron chi connectivity index (χ2n) is 8.64. The number of rotatable bonds is 6. The maximum absolute atomic E-state index is 14.3. The van der Waals surface area contributed by atoms with E-state index in [2.05, 4.69) is 76.9 Å². The SMILES string of the molecule is Cc1ccc(C)c(NC(=S)N[C@@H](C)[C@@H](c2cccs2)N2CCN(c3ccccc3F)CC2)c1. The highest BCUT2D eigenvalue weighted by Gasteiger charge is 2.31. The van der Waals surface area contributed by atoms with Crippen molar-refractivity contribution >= 4 is 40.0 Å². The zero-order valence-electron chi connectivity index (χ0n) is 19.3. The van der Waals surface area contributed by atoms with Gasteiger partial charge in [0.1, 0.15) is 5.82 Å². The van der Waals surface area contributed by atoms with Crippen LogP contribution in [0.4, 0.5) is 15.8 Å². The standard InChI is InChI=1S/C26H31FN4S2/c1-18-10-11-19(2)22(17-18)29-26(32)28-20(3)25(24-9-6-16-33-24)31-14-12-30(13-15-31)23-8-5-4-7-21(23)27/h4-11,16-17,20,25H,12-15H2,1-3H3,(H2,28,29,32)/t20-,25-/m0/s1. The number of thiocarbonyl (C=S) groups is 1. The number of nitrogens with one attached hydrogen (secondary N) is 2. The summed E-state index contributed by atoms with van der Waals surface area (Å²) in [6, 6.07) is 17.9. The van der Waals surface area contributed by atoms with E-state index < -0.39 is 0 Å². The normalized spacial score (nSPS) is 16.3. The number of aryl methyl sites for hydroxylation is 2. The molecule has 0 bridgehead atoms. The number of thiophene rings is 1. The molecule has 1 aromatic heterocycles. The summed E-state index contributed by atoms with van der Waals surface area (Å²) in [4.78, 5) is 5.94. The molecule has 2 heterocycles. The number of para-hydroxylation sites is 1. The third kappa shape index (κ3) is 5.72. The van der Waals surface area contributed by atoms with E-state index in [1.165, 1.54) is 16.5 Å². The Labute approximate surface area is 205 Å². The van der Waals surface area contributed by atoms with E-state index in [1.54, 1.807) is 17.4 Å². The van der Waals surface area contributed by atoms with Gasteiger partial charge in [-0.1, -0.05) is 30.3 Å². The van der Waals surface area contributed by atoms with E-state index >= 15 is 0 Å². The van der Waals surface area contributed by atoms with Gasteiger partial charge < -0.3 is 15.5 Å². The van der Waals surface area contributed by atoms with Crippen LogP contribution in [-0.4, -0.2) is 42.2 Å². The Morgan fingerprint density at radius 2 is 1.79 bits per heavy atom. The summed E-state index contributed by atoms with van der Waals surface area (Å²) in [5, 5.41) is 9.65. The molecular formula is C26H31FN4S2.